The number of alkyl halides is 4. The minimum atomic E-state index is -4.39. The third-order valence-electron chi connectivity index (χ3n) is 2.50. The van der Waals surface area contributed by atoms with Crippen molar-refractivity contribution in [2.45, 2.75) is 18.9 Å². The van der Waals surface area contributed by atoms with E-state index in [4.69, 9.17) is 5.73 Å². The number of hydrogen-bond acceptors (Lipinski definition) is 3. The largest absolute Gasteiger partial charge is 0.366 e. The van der Waals surface area contributed by atoms with E-state index in [1.165, 1.54) is 12.1 Å². The summed E-state index contributed by atoms with van der Waals surface area (Å²) in [7, 11) is 0. The van der Waals surface area contributed by atoms with Gasteiger partial charge in [0.05, 0.1) is 6.54 Å². The molecule has 0 bridgehead atoms. The summed E-state index contributed by atoms with van der Waals surface area (Å²) in [4.78, 5) is 0. The molecule has 2 rings (SSSR count). The van der Waals surface area contributed by atoms with Gasteiger partial charge in [0.1, 0.15) is 0 Å². The number of hydrogen-bond donors (Lipinski definition) is 1. The van der Waals surface area contributed by atoms with E-state index in [9.17, 15) is 17.6 Å². The van der Waals surface area contributed by atoms with Crippen molar-refractivity contribution in [3.63, 3.8) is 0 Å². The first-order chi connectivity index (χ1) is 8.98. The van der Waals surface area contributed by atoms with Gasteiger partial charge in [-0.05, 0) is 12.1 Å². The Bertz CT molecular complexity index is 553. The standard InChI is InChI=1S/C11H10F4N4/c12-9(13)11(14,15)10-18-17-8(6-16)19(10)7-4-2-1-3-5-7/h1-5,9H,6,16H2. The number of nitrogens with zero attached hydrogens (tertiary/aromatic N) is 3. The van der Waals surface area contributed by atoms with Crippen molar-refractivity contribution in [1.82, 2.24) is 14.8 Å². The maximum absolute atomic E-state index is 13.5. The Balaban J connectivity index is 2.62. The Hall–Kier alpha value is -1.96. The van der Waals surface area contributed by atoms with Crippen molar-refractivity contribution in [2.24, 2.45) is 5.73 Å². The highest BCUT2D eigenvalue weighted by Gasteiger charge is 2.48. The third-order valence-corrected chi connectivity index (χ3v) is 2.50. The number of benzene rings is 1. The van der Waals surface area contributed by atoms with Crippen LogP contribution >= 0.6 is 0 Å². The van der Waals surface area contributed by atoms with Gasteiger partial charge in [0.25, 0.3) is 0 Å². The maximum Gasteiger partial charge on any atom is 0.366 e. The summed E-state index contributed by atoms with van der Waals surface area (Å²) in [6, 6.07) is 7.79. The maximum atomic E-state index is 13.5. The van der Waals surface area contributed by atoms with Crippen LogP contribution in [-0.2, 0) is 12.5 Å². The Kier molecular flexibility index (Phi) is 3.52. The molecule has 8 heteroatoms. The molecule has 2 aromatic rings. The molecule has 0 spiro atoms. The molecular formula is C11H10F4N4. The molecule has 0 saturated heterocycles. The van der Waals surface area contributed by atoms with E-state index in [0.29, 0.717) is 0 Å². The minimum absolute atomic E-state index is 0.0125. The van der Waals surface area contributed by atoms with E-state index in [1.54, 1.807) is 18.2 Å². The molecule has 1 heterocycles. The molecule has 102 valence electrons. The predicted molar refractivity (Wildman–Crippen MR) is 59.1 cm³/mol. The lowest BCUT2D eigenvalue weighted by atomic mass is 10.2. The summed E-state index contributed by atoms with van der Waals surface area (Å²) < 4.78 is 52.7. The first kappa shape index (κ1) is 13.5. The fourth-order valence-electron chi connectivity index (χ4n) is 1.61. The molecule has 2 N–H and O–H groups in total. The lowest BCUT2D eigenvalue weighted by molar-refractivity contribution is -0.142. The van der Waals surface area contributed by atoms with E-state index in [0.717, 1.165) is 4.57 Å². The highest BCUT2D eigenvalue weighted by atomic mass is 19.3. The van der Waals surface area contributed by atoms with Crippen LogP contribution in [0.4, 0.5) is 17.6 Å². The summed E-state index contributed by atoms with van der Waals surface area (Å²) in [5.41, 5.74) is 5.62. The van der Waals surface area contributed by atoms with Crippen molar-refractivity contribution < 1.29 is 17.6 Å². The topological polar surface area (TPSA) is 56.7 Å². The SMILES string of the molecule is NCc1nnc(C(F)(F)C(F)F)n1-c1ccccc1. The van der Waals surface area contributed by atoms with Crippen molar-refractivity contribution in [2.75, 3.05) is 0 Å². The van der Waals surface area contributed by atoms with Crippen LogP contribution in [0.5, 0.6) is 0 Å². The van der Waals surface area contributed by atoms with E-state index < -0.39 is 18.2 Å². The zero-order valence-corrected chi connectivity index (χ0v) is 9.60. The molecular weight excluding hydrogens is 264 g/mol. The minimum Gasteiger partial charge on any atom is -0.324 e. The lowest BCUT2D eigenvalue weighted by Crippen LogP contribution is -2.28. The first-order valence-corrected chi connectivity index (χ1v) is 5.34. The van der Waals surface area contributed by atoms with E-state index in [-0.39, 0.29) is 18.1 Å². The zero-order valence-electron chi connectivity index (χ0n) is 9.60. The van der Waals surface area contributed by atoms with Gasteiger partial charge in [0.2, 0.25) is 5.82 Å². The average molecular weight is 274 g/mol. The quantitative estimate of drug-likeness (QED) is 0.868. The van der Waals surface area contributed by atoms with Crippen LogP contribution in [0, 0.1) is 0 Å². The zero-order chi connectivity index (χ0) is 14.0. The fraction of sp³-hybridized carbons (Fsp3) is 0.273. The second-order valence-corrected chi connectivity index (χ2v) is 3.74. The third kappa shape index (κ3) is 2.30. The van der Waals surface area contributed by atoms with E-state index in [2.05, 4.69) is 10.2 Å². The number of halogens is 4. The van der Waals surface area contributed by atoms with Gasteiger partial charge >= 0.3 is 12.3 Å². The number of nitrogens with two attached hydrogens (primary N) is 1. The average Bonchev–Trinajstić information content (AvgIpc) is 2.83. The van der Waals surface area contributed by atoms with Gasteiger partial charge in [-0.25, -0.2) is 8.78 Å². The van der Waals surface area contributed by atoms with Gasteiger partial charge < -0.3 is 5.73 Å². The van der Waals surface area contributed by atoms with Crippen molar-refractivity contribution in [1.29, 1.82) is 0 Å². The molecule has 0 atom stereocenters. The molecule has 0 fully saturated rings. The molecule has 4 nitrogen and oxygen atoms in total. The molecule has 1 aromatic heterocycles. The fourth-order valence-corrected chi connectivity index (χ4v) is 1.61. The van der Waals surface area contributed by atoms with Gasteiger partial charge in [-0.1, -0.05) is 18.2 Å². The molecule has 0 aliphatic rings. The Morgan fingerprint density at radius 1 is 1.16 bits per heavy atom. The van der Waals surface area contributed by atoms with Crippen LogP contribution in [0.3, 0.4) is 0 Å². The molecule has 1 aromatic carbocycles. The molecule has 0 aliphatic carbocycles. The van der Waals surface area contributed by atoms with Gasteiger partial charge in [-0.2, -0.15) is 8.78 Å². The first-order valence-electron chi connectivity index (χ1n) is 5.34. The second kappa shape index (κ2) is 4.96. The molecule has 0 aliphatic heterocycles. The molecule has 0 amide bonds. The summed E-state index contributed by atoms with van der Waals surface area (Å²) >= 11 is 0. The number of aromatic nitrogens is 3. The van der Waals surface area contributed by atoms with Crippen LogP contribution in [0.25, 0.3) is 5.69 Å². The van der Waals surface area contributed by atoms with Crippen molar-refractivity contribution in [3.05, 3.63) is 42.0 Å². The highest BCUT2D eigenvalue weighted by molar-refractivity contribution is 5.34. The smallest absolute Gasteiger partial charge is 0.324 e. The molecule has 0 radical (unpaired) electrons. The summed E-state index contributed by atoms with van der Waals surface area (Å²) in [6.45, 7) is -0.193. The summed E-state index contributed by atoms with van der Waals surface area (Å²) in [6.07, 6.45) is -3.87. The van der Waals surface area contributed by atoms with Gasteiger partial charge in [0, 0.05) is 5.69 Å². The van der Waals surface area contributed by atoms with Crippen LogP contribution in [0.1, 0.15) is 11.6 Å². The molecule has 0 unspecified atom stereocenters. The van der Waals surface area contributed by atoms with Crippen LogP contribution in [0.2, 0.25) is 0 Å². The van der Waals surface area contributed by atoms with E-state index in [1.807, 2.05) is 0 Å². The Labute approximate surface area is 105 Å². The molecule has 0 saturated carbocycles. The van der Waals surface area contributed by atoms with E-state index >= 15 is 0 Å². The summed E-state index contributed by atoms with van der Waals surface area (Å²) in [5.74, 6) is -5.52. The van der Waals surface area contributed by atoms with Gasteiger partial charge in [0.15, 0.2) is 5.82 Å². The normalized spacial score (nSPS) is 12.1. The predicted octanol–water partition coefficient (Wildman–Crippen LogP) is 2.08. The van der Waals surface area contributed by atoms with Crippen LogP contribution in [-0.4, -0.2) is 21.2 Å². The van der Waals surface area contributed by atoms with Gasteiger partial charge in [-0.3, -0.25) is 4.57 Å². The summed E-state index contributed by atoms with van der Waals surface area (Å²) in [5, 5.41) is 6.59. The molecule has 19 heavy (non-hydrogen) atoms. The highest BCUT2D eigenvalue weighted by Crippen LogP contribution is 2.34. The Morgan fingerprint density at radius 3 is 2.32 bits per heavy atom. The monoisotopic (exact) mass is 274 g/mol. The van der Waals surface area contributed by atoms with Crippen LogP contribution in [0.15, 0.2) is 30.3 Å². The lowest BCUT2D eigenvalue weighted by Gasteiger charge is -2.16. The van der Waals surface area contributed by atoms with Gasteiger partial charge in [-0.15, -0.1) is 10.2 Å². The van der Waals surface area contributed by atoms with Crippen LogP contribution < -0.4 is 5.73 Å². The number of para-hydroxylation sites is 1. The second-order valence-electron chi connectivity index (χ2n) is 3.74. The van der Waals surface area contributed by atoms with Crippen molar-refractivity contribution in [3.8, 4) is 5.69 Å². The number of rotatable bonds is 4. The van der Waals surface area contributed by atoms with Crippen molar-refractivity contribution >= 4 is 0 Å². The Morgan fingerprint density at radius 2 is 1.79 bits per heavy atom.